The van der Waals surface area contributed by atoms with Crippen LogP contribution in [0.3, 0.4) is 0 Å². The molecule has 2 unspecified atom stereocenters. The predicted molar refractivity (Wildman–Crippen MR) is 243 cm³/mol. The second-order valence-corrected chi connectivity index (χ2v) is 18.3. The van der Waals surface area contributed by atoms with Crippen LogP contribution >= 0.6 is 69.9 Å². The topological polar surface area (TPSA) is 108 Å². The molecule has 304 valence electrons. The van der Waals surface area contributed by atoms with Gasteiger partial charge in [-0.1, -0.05) is 106 Å². The summed E-state index contributed by atoms with van der Waals surface area (Å²) in [7, 11) is 7.85. The highest BCUT2D eigenvalue weighted by molar-refractivity contribution is 8.00. The van der Waals surface area contributed by atoms with Gasteiger partial charge in [-0.15, -0.1) is 0 Å². The third-order valence-corrected chi connectivity index (χ3v) is 12.4. The lowest BCUT2D eigenvalue weighted by molar-refractivity contribution is -0.146. The Labute approximate surface area is 367 Å². The number of esters is 2. The minimum Gasteiger partial charge on any atom is -0.424 e. The number of nitrogens with one attached hydrogen (secondary N) is 2. The van der Waals surface area contributed by atoms with Crippen LogP contribution in [0.25, 0.3) is 0 Å². The Morgan fingerprint density at radius 2 is 1.03 bits per heavy atom. The lowest BCUT2D eigenvalue weighted by Gasteiger charge is -2.33. The second-order valence-electron chi connectivity index (χ2n) is 13.9. The fourth-order valence-corrected chi connectivity index (χ4v) is 9.41. The fraction of sp³-hybridized carbons (Fsp3) is 0.286. The molecule has 2 aliphatic heterocycles. The van der Waals surface area contributed by atoms with Gasteiger partial charge in [-0.05, 0) is 76.7 Å². The summed E-state index contributed by atoms with van der Waals surface area (Å²) >= 11 is 29.0. The zero-order chi connectivity index (χ0) is 41.5. The number of benzodiazepines with no additional fused rings is 2. The van der Waals surface area contributed by atoms with Crippen LogP contribution in [0.1, 0.15) is 22.3 Å². The van der Waals surface area contributed by atoms with E-state index in [0.717, 1.165) is 12.2 Å². The highest BCUT2D eigenvalue weighted by Crippen LogP contribution is 2.39. The summed E-state index contributed by atoms with van der Waals surface area (Å²) in [5, 5.41) is 6.18. The van der Waals surface area contributed by atoms with E-state index in [1.54, 1.807) is 36.4 Å². The van der Waals surface area contributed by atoms with E-state index in [1.807, 2.05) is 86.5 Å². The van der Waals surface area contributed by atoms with E-state index in [4.69, 9.17) is 65.9 Å². The van der Waals surface area contributed by atoms with Gasteiger partial charge < -0.3 is 29.9 Å². The van der Waals surface area contributed by atoms with Gasteiger partial charge in [0.15, 0.2) is 0 Å². The van der Waals surface area contributed by atoms with Gasteiger partial charge in [0.05, 0.1) is 11.4 Å². The van der Waals surface area contributed by atoms with Crippen LogP contribution < -0.4 is 10.6 Å². The molecular weight excluding hydrogens is 858 g/mol. The molecule has 4 aromatic carbocycles. The van der Waals surface area contributed by atoms with E-state index < -0.39 is 22.1 Å². The number of rotatable bonds is 14. The van der Waals surface area contributed by atoms with Crippen molar-refractivity contribution in [2.75, 3.05) is 76.5 Å². The Balaban J connectivity index is 1.29. The number of carbonyl (C=O) groups is 2. The Morgan fingerprint density at radius 3 is 1.41 bits per heavy atom. The lowest BCUT2D eigenvalue weighted by Crippen LogP contribution is -2.43. The zero-order valence-electron chi connectivity index (χ0n) is 32.2. The largest absolute Gasteiger partial charge is 0.424 e. The van der Waals surface area contributed by atoms with Crippen LogP contribution in [0.5, 0.6) is 0 Å². The van der Waals surface area contributed by atoms with Gasteiger partial charge in [-0.25, -0.2) is 9.59 Å². The Bertz CT molecular complexity index is 2100. The number of nitrogens with zero attached hydrogens (tertiary/aromatic N) is 4. The minimum absolute atomic E-state index is 0.0206. The van der Waals surface area contributed by atoms with E-state index in [1.165, 1.54) is 23.5 Å². The maximum atomic E-state index is 13.8. The third kappa shape index (κ3) is 11.1. The van der Waals surface area contributed by atoms with Crippen LogP contribution in [0.15, 0.2) is 107 Å². The molecule has 2 atom stereocenters. The van der Waals surface area contributed by atoms with Gasteiger partial charge in [-0.3, -0.25) is 9.98 Å². The van der Waals surface area contributed by atoms with E-state index in [-0.39, 0.29) is 13.1 Å². The van der Waals surface area contributed by atoms with Crippen molar-refractivity contribution in [1.82, 2.24) is 9.80 Å². The molecule has 10 nitrogen and oxygen atoms in total. The molecule has 0 aromatic heterocycles. The number of aliphatic imine (C=N–C) groups is 2. The molecular formula is C42H42Cl4N6O4S2. The number of halogens is 4. The molecule has 0 fully saturated rings. The number of hydrogen-bond donors (Lipinski definition) is 2. The molecule has 4 aromatic rings. The maximum Gasteiger partial charge on any atom is 0.333 e. The van der Waals surface area contributed by atoms with Crippen LogP contribution in [0, 0.1) is 0 Å². The normalized spacial score (nSPS) is 18.9. The predicted octanol–water partition coefficient (Wildman–Crippen LogP) is 9.07. The van der Waals surface area contributed by atoms with E-state index in [9.17, 15) is 9.59 Å². The van der Waals surface area contributed by atoms with Gasteiger partial charge in [0.2, 0.25) is 0 Å². The van der Waals surface area contributed by atoms with Crippen LogP contribution in [0.4, 0.5) is 11.4 Å². The molecule has 2 N–H and O–H groups in total. The first-order valence-electron chi connectivity index (χ1n) is 18.2. The molecule has 0 saturated heterocycles. The molecule has 2 heterocycles. The quantitative estimate of drug-likeness (QED) is 0.0724. The average Bonchev–Trinajstić information content (AvgIpc) is 3.42. The highest BCUT2D eigenvalue weighted by Gasteiger charge is 2.40. The van der Waals surface area contributed by atoms with Gasteiger partial charge >= 0.3 is 11.9 Å². The van der Waals surface area contributed by atoms with Gasteiger partial charge in [-0.2, -0.15) is 0 Å². The van der Waals surface area contributed by atoms with Gasteiger partial charge in [0, 0.05) is 90.5 Å². The molecule has 58 heavy (non-hydrogen) atoms. The maximum absolute atomic E-state index is 13.8. The first-order chi connectivity index (χ1) is 27.8. The van der Waals surface area contributed by atoms with E-state index in [0.29, 0.717) is 89.7 Å². The number of fused-ring (bicyclic) bond motifs is 2. The third-order valence-electron chi connectivity index (χ3n) is 8.91. The summed E-state index contributed by atoms with van der Waals surface area (Å²) in [6, 6.07) is 25.5. The Kier molecular flexibility index (Phi) is 14.8. The molecule has 6 rings (SSSR count). The van der Waals surface area contributed by atoms with Crippen molar-refractivity contribution in [3.05, 3.63) is 139 Å². The molecule has 0 radical (unpaired) electrons. The minimum atomic E-state index is -1.37. The molecule has 0 amide bonds. The molecule has 0 aliphatic carbocycles. The highest BCUT2D eigenvalue weighted by atomic mass is 35.5. The number of hydrogen-bond acceptors (Lipinski definition) is 12. The number of anilines is 2. The first-order valence-corrected chi connectivity index (χ1v) is 21.7. The zero-order valence-corrected chi connectivity index (χ0v) is 36.9. The summed E-state index contributed by atoms with van der Waals surface area (Å²) in [5.41, 5.74) is 5.28. The van der Waals surface area contributed by atoms with Crippen LogP contribution in [0.2, 0.25) is 20.1 Å². The van der Waals surface area contributed by atoms with Gasteiger partial charge in [0.25, 0.3) is 10.1 Å². The van der Waals surface area contributed by atoms with Crippen molar-refractivity contribution in [3.63, 3.8) is 0 Å². The van der Waals surface area contributed by atoms with E-state index in [2.05, 4.69) is 10.6 Å². The molecule has 16 heteroatoms. The number of benzene rings is 4. The molecule has 2 aliphatic rings. The molecule has 0 spiro atoms. The van der Waals surface area contributed by atoms with Gasteiger partial charge in [0.1, 0.15) is 13.1 Å². The first kappa shape index (κ1) is 43.8. The van der Waals surface area contributed by atoms with Crippen LogP contribution in [-0.4, -0.2) is 109 Å². The Morgan fingerprint density at radius 1 is 0.638 bits per heavy atom. The SMILES string of the molecule is CN(C)CCSC1(OC(=O)/C=C\C(=O)OC2(SCCN(C)C)CN=C(c3ccccc3Cl)c3cc(Cl)ccc3N2)CN=C(c2ccccc2Cl)c2cc(Cl)ccc2N1. The van der Waals surface area contributed by atoms with Crippen molar-refractivity contribution in [1.29, 1.82) is 0 Å². The summed E-state index contributed by atoms with van der Waals surface area (Å²) in [5.74, 6) is -0.395. The van der Waals surface area contributed by atoms with Crippen molar-refractivity contribution >= 4 is 105 Å². The summed E-state index contributed by atoms with van der Waals surface area (Å²) < 4.78 is 12.4. The summed E-state index contributed by atoms with van der Waals surface area (Å²) in [6.45, 7) is 1.43. The summed E-state index contributed by atoms with van der Waals surface area (Å²) in [4.78, 5) is 41.5. The lowest BCUT2D eigenvalue weighted by atomic mass is 10.0. The molecule has 0 bridgehead atoms. The average molecular weight is 901 g/mol. The number of ether oxygens (including phenoxy) is 2. The number of thioether (sulfide) groups is 2. The van der Waals surface area contributed by atoms with Crippen molar-refractivity contribution < 1.29 is 19.1 Å². The molecule has 0 saturated carbocycles. The standard InChI is InChI=1S/C42H42Cl4N6O4S2/c1-51(2)19-21-57-41(25-47-39(29-9-5-7-11-33(29)45)31-23-27(43)13-15-35(31)49-41)55-37(53)17-18-38(54)56-42(58-22-20-52(3)4)26-48-40(30-10-6-8-12-34(30)46)32-24-28(44)14-16-36(32)50-42/h5-18,23-24,49-50H,19-22,25-26H2,1-4H3/b18-17-. The number of carbonyl (C=O) groups excluding carboxylic acids is 2. The summed E-state index contributed by atoms with van der Waals surface area (Å²) in [6.07, 6.45) is 2.12. The Hall–Kier alpha value is -3.72. The smallest absolute Gasteiger partial charge is 0.333 e. The van der Waals surface area contributed by atoms with Crippen molar-refractivity contribution in [3.8, 4) is 0 Å². The van der Waals surface area contributed by atoms with Crippen LogP contribution in [-0.2, 0) is 19.1 Å². The second kappa shape index (κ2) is 19.6. The van der Waals surface area contributed by atoms with E-state index >= 15 is 0 Å². The fourth-order valence-electron chi connectivity index (χ4n) is 6.09. The van der Waals surface area contributed by atoms with Crippen molar-refractivity contribution in [2.45, 2.75) is 10.1 Å². The van der Waals surface area contributed by atoms with Crippen molar-refractivity contribution in [2.24, 2.45) is 9.98 Å². The monoisotopic (exact) mass is 898 g/mol.